The topological polar surface area (TPSA) is 34.2 Å². The molecule has 1 heterocycles. The molecule has 0 aliphatic rings. The monoisotopic (exact) mass is 334 g/mol. The molecule has 0 saturated carbocycles. The maximum atomic E-state index is 6.09. The van der Waals surface area contributed by atoms with Crippen LogP contribution >= 0.6 is 15.9 Å². The van der Waals surface area contributed by atoms with Crippen molar-refractivity contribution in [2.45, 2.75) is 27.3 Å². The van der Waals surface area contributed by atoms with Crippen LogP contribution in [-0.4, -0.2) is 11.5 Å². The van der Waals surface area contributed by atoms with Gasteiger partial charge in [0.05, 0.1) is 0 Å². The number of rotatable bonds is 5. The SMILES string of the molecule is CCNCc1cnc(C)cc1Oc1cc(Br)ccc1C. The van der Waals surface area contributed by atoms with Gasteiger partial charge in [-0.2, -0.15) is 0 Å². The quantitative estimate of drug-likeness (QED) is 0.881. The lowest BCUT2D eigenvalue weighted by Gasteiger charge is -2.14. The van der Waals surface area contributed by atoms with E-state index in [4.69, 9.17) is 4.74 Å². The summed E-state index contributed by atoms with van der Waals surface area (Å²) in [5, 5.41) is 3.31. The largest absolute Gasteiger partial charge is 0.457 e. The van der Waals surface area contributed by atoms with Crippen LogP contribution in [0.25, 0.3) is 0 Å². The van der Waals surface area contributed by atoms with Crippen molar-refractivity contribution in [1.29, 1.82) is 0 Å². The number of nitrogens with one attached hydrogen (secondary N) is 1. The highest BCUT2D eigenvalue weighted by atomic mass is 79.9. The minimum Gasteiger partial charge on any atom is -0.457 e. The summed E-state index contributed by atoms with van der Waals surface area (Å²) in [6, 6.07) is 8.02. The molecule has 0 aliphatic heterocycles. The molecular formula is C16H19BrN2O. The Hall–Kier alpha value is -1.39. The van der Waals surface area contributed by atoms with E-state index < -0.39 is 0 Å². The number of aryl methyl sites for hydroxylation is 2. The Morgan fingerprint density at radius 1 is 1.20 bits per heavy atom. The van der Waals surface area contributed by atoms with E-state index >= 15 is 0 Å². The van der Waals surface area contributed by atoms with Crippen LogP contribution in [-0.2, 0) is 6.54 Å². The van der Waals surface area contributed by atoms with Crippen molar-refractivity contribution in [2.75, 3.05) is 6.54 Å². The van der Waals surface area contributed by atoms with Gasteiger partial charge in [-0.25, -0.2) is 0 Å². The van der Waals surface area contributed by atoms with Crippen molar-refractivity contribution in [3.05, 3.63) is 51.8 Å². The molecule has 0 spiro atoms. The number of nitrogens with zero attached hydrogens (tertiary/aromatic N) is 1. The van der Waals surface area contributed by atoms with E-state index in [2.05, 4.69) is 33.2 Å². The summed E-state index contributed by atoms with van der Waals surface area (Å²) >= 11 is 3.48. The Morgan fingerprint density at radius 2 is 2.00 bits per heavy atom. The van der Waals surface area contributed by atoms with Gasteiger partial charge in [-0.15, -0.1) is 0 Å². The highest BCUT2D eigenvalue weighted by Gasteiger charge is 2.08. The standard InChI is InChI=1S/C16H19BrN2O/c1-4-18-9-13-10-19-12(3)7-16(13)20-15-8-14(17)6-5-11(15)2/h5-8,10,18H,4,9H2,1-3H3. The van der Waals surface area contributed by atoms with Crippen LogP contribution in [0, 0.1) is 13.8 Å². The lowest BCUT2D eigenvalue weighted by atomic mass is 10.2. The smallest absolute Gasteiger partial charge is 0.135 e. The molecule has 0 amide bonds. The van der Waals surface area contributed by atoms with E-state index in [0.29, 0.717) is 0 Å². The van der Waals surface area contributed by atoms with Crippen molar-refractivity contribution in [3.63, 3.8) is 0 Å². The van der Waals surface area contributed by atoms with E-state index in [1.807, 2.05) is 44.3 Å². The third-order valence-electron chi connectivity index (χ3n) is 3.02. The molecule has 1 N–H and O–H groups in total. The van der Waals surface area contributed by atoms with Gasteiger partial charge in [0.1, 0.15) is 11.5 Å². The van der Waals surface area contributed by atoms with Crippen molar-refractivity contribution < 1.29 is 4.74 Å². The molecule has 0 unspecified atom stereocenters. The van der Waals surface area contributed by atoms with E-state index in [9.17, 15) is 0 Å². The highest BCUT2D eigenvalue weighted by molar-refractivity contribution is 9.10. The molecular weight excluding hydrogens is 316 g/mol. The highest BCUT2D eigenvalue weighted by Crippen LogP contribution is 2.30. The molecule has 0 saturated heterocycles. The van der Waals surface area contributed by atoms with Gasteiger partial charge < -0.3 is 10.1 Å². The van der Waals surface area contributed by atoms with Gasteiger partial charge in [-0.05, 0) is 38.1 Å². The lowest BCUT2D eigenvalue weighted by Crippen LogP contribution is -2.13. The minimum absolute atomic E-state index is 0.756. The first-order valence-electron chi connectivity index (χ1n) is 6.70. The molecule has 20 heavy (non-hydrogen) atoms. The third kappa shape index (κ3) is 3.81. The van der Waals surface area contributed by atoms with Crippen molar-refractivity contribution in [1.82, 2.24) is 10.3 Å². The number of hydrogen-bond donors (Lipinski definition) is 1. The van der Waals surface area contributed by atoms with Gasteiger partial charge in [0.15, 0.2) is 0 Å². The Morgan fingerprint density at radius 3 is 2.75 bits per heavy atom. The first-order valence-corrected chi connectivity index (χ1v) is 7.49. The molecule has 2 aromatic rings. The fraction of sp³-hybridized carbons (Fsp3) is 0.312. The molecule has 2 rings (SSSR count). The van der Waals surface area contributed by atoms with Crippen molar-refractivity contribution >= 4 is 15.9 Å². The Balaban J connectivity index is 2.31. The van der Waals surface area contributed by atoms with Crippen LogP contribution in [0.2, 0.25) is 0 Å². The molecule has 0 fully saturated rings. The molecule has 106 valence electrons. The zero-order chi connectivity index (χ0) is 14.5. The number of aromatic nitrogens is 1. The predicted molar refractivity (Wildman–Crippen MR) is 85.3 cm³/mol. The summed E-state index contributed by atoms with van der Waals surface area (Å²) in [6.45, 7) is 7.77. The molecule has 0 bridgehead atoms. The van der Waals surface area contributed by atoms with Gasteiger partial charge >= 0.3 is 0 Å². The number of halogens is 1. The summed E-state index contributed by atoms with van der Waals surface area (Å²) in [4.78, 5) is 4.35. The van der Waals surface area contributed by atoms with E-state index in [0.717, 1.165) is 45.9 Å². The van der Waals surface area contributed by atoms with Crippen LogP contribution in [0.3, 0.4) is 0 Å². The summed E-state index contributed by atoms with van der Waals surface area (Å²) in [5.74, 6) is 1.72. The number of hydrogen-bond acceptors (Lipinski definition) is 3. The second-order valence-corrected chi connectivity index (χ2v) is 5.64. The lowest BCUT2D eigenvalue weighted by molar-refractivity contribution is 0.468. The van der Waals surface area contributed by atoms with Crippen LogP contribution < -0.4 is 10.1 Å². The summed E-state index contributed by atoms with van der Waals surface area (Å²) in [5.41, 5.74) is 3.13. The van der Waals surface area contributed by atoms with Crippen LogP contribution in [0.4, 0.5) is 0 Å². The molecule has 1 aromatic carbocycles. The first-order chi connectivity index (χ1) is 9.60. The Kier molecular flexibility index (Phi) is 5.15. The predicted octanol–water partition coefficient (Wildman–Crippen LogP) is 4.36. The van der Waals surface area contributed by atoms with Gasteiger partial charge in [0.2, 0.25) is 0 Å². The average Bonchev–Trinajstić information content (AvgIpc) is 2.42. The van der Waals surface area contributed by atoms with E-state index in [-0.39, 0.29) is 0 Å². The second kappa shape index (κ2) is 6.86. The molecule has 1 aromatic heterocycles. The molecule has 0 atom stereocenters. The van der Waals surface area contributed by atoms with Crippen molar-refractivity contribution in [3.8, 4) is 11.5 Å². The first kappa shape index (κ1) is 15.0. The summed E-state index contributed by atoms with van der Waals surface area (Å²) in [6.07, 6.45) is 1.88. The normalized spacial score (nSPS) is 10.6. The second-order valence-electron chi connectivity index (χ2n) is 4.73. The molecule has 0 aliphatic carbocycles. The Bertz CT molecular complexity index is 599. The van der Waals surface area contributed by atoms with Crippen LogP contribution in [0.15, 0.2) is 34.9 Å². The zero-order valence-electron chi connectivity index (χ0n) is 12.0. The Labute approximate surface area is 128 Å². The maximum absolute atomic E-state index is 6.09. The van der Waals surface area contributed by atoms with Gasteiger partial charge in [-0.3, -0.25) is 4.98 Å². The van der Waals surface area contributed by atoms with Crippen LogP contribution in [0.1, 0.15) is 23.7 Å². The molecule has 3 nitrogen and oxygen atoms in total. The van der Waals surface area contributed by atoms with E-state index in [1.165, 1.54) is 0 Å². The van der Waals surface area contributed by atoms with Gasteiger partial charge in [0, 0.05) is 34.5 Å². The fourth-order valence-electron chi connectivity index (χ4n) is 1.85. The van der Waals surface area contributed by atoms with Crippen LogP contribution in [0.5, 0.6) is 11.5 Å². The number of ether oxygens (including phenoxy) is 1. The van der Waals surface area contributed by atoms with Crippen molar-refractivity contribution in [2.24, 2.45) is 0 Å². The molecule has 0 radical (unpaired) electrons. The number of benzene rings is 1. The molecule has 4 heteroatoms. The number of pyridine rings is 1. The average molecular weight is 335 g/mol. The van der Waals surface area contributed by atoms with E-state index in [1.54, 1.807) is 0 Å². The summed E-state index contributed by atoms with van der Waals surface area (Å²) < 4.78 is 7.10. The zero-order valence-corrected chi connectivity index (χ0v) is 13.6. The summed E-state index contributed by atoms with van der Waals surface area (Å²) in [7, 11) is 0. The fourth-order valence-corrected chi connectivity index (χ4v) is 2.19. The third-order valence-corrected chi connectivity index (χ3v) is 3.51. The maximum Gasteiger partial charge on any atom is 0.135 e. The minimum atomic E-state index is 0.756. The van der Waals surface area contributed by atoms with Gasteiger partial charge in [-0.1, -0.05) is 28.9 Å². The van der Waals surface area contributed by atoms with Gasteiger partial charge in [0.25, 0.3) is 0 Å².